The second-order valence-electron chi connectivity index (χ2n) is 5.85. The molecule has 1 atom stereocenters. The SMILES string of the molecule is CC(C)=CCCC(C)C1=CCC2(CC1)OCCO2. The van der Waals surface area contributed by atoms with Crippen molar-refractivity contribution in [2.24, 2.45) is 5.92 Å². The molecule has 1 fully saturated rings. The Morgan fingerprint density at radius 2 is 2.11 bits per heavy atom. The van der Waals surface area contributed by atoms with Crippen molar-refractivity contribution in [3.05, 3.63) is 23.3 Å². The van der Waals surface area contributed by atoms with Gasteiger partial charge in [-0.2, -0.15) is 0 Å². The van der Waals surface area contributed by atoms with Gasteiger partial charge in [-0.3, -0.25) is 0 Å². The molecule has 0 saturated carbocycles. The Bertz CT molecular complexity index is 331. The summed E-state index contributed by atoms with van der Waals surface area (Å²) in [5.74, 6) is 0.433. The van der Waals surface area contributed by atoms with Crippen LogP contribution in [-0.4, -0.2) is 19.0 Å². The van der Waals surface area contributed by atoms with E-state index in [0.717, 1.165) is 32.5 Å². The van der Waals surface area contributed by atoms with Gasteiger partial charge in [0, 0.05) is 12.8 Å². The van der Waals surface area contributed by atoms with Gasteiger partial charge < -0.3 is 9.47 Å². The van der Waals surface area contributed by atoms with Crippen LogP contribution in [0.1, 0.15) is 52.9 Å². The second kappa shape index (κ2) is 6.03. The fraction of sp³-hybridized carbons (Fsp3) is 0.750. The predicted octanol–water partition coefficient (Wildman–Crippen LogP) is 4.22. The van der Waals surface area contributed by atoms with E-state index in [4.69, 9.17) is 9.47 Å². The Kier molecular flexibility index (Phi) is 4.63. The van der Waals surface area contributed by atoms with Crippen molar-refractivity contribution in [3.8, 4) is 0 Å². The Morgan fingerprint density at radius 1 is 1.39 bits per heavy atom. The van der Waals surface area contributed by atoms with E-state index in [0.29, 0.717) is 5.92 Å². The van der Waals surface area contributed by atoms with Crippen LogP contribution in [0, 0.1) is 5.92 Å². The third-order valence-electron chi connectivity index (χ3n) is 4.07. The van der Waals surface area contributed by atoms with E-state index in [1.54, 1.807) is 5.57 Å². The summed E-state index contributed by atoms with van der Waals surface area (Å²) in [6.45, 7) is 8.21. The first-order valence-corrected chi connectivity index (χ1v) is 7.21. The van der Waals surface area contributed by atoms with Gasteiger partial charge in [-0.25, -0.2) is 0 Å². The Balaban J connectivity index is 1.83. The molecule has 0 N–H and O–H groups in total. The van der Waals surface area contributed by atoms with Crippen LogP contribution in [0.4, 0.5) is 0 Å². The zero-order valence-electron chi connectivity index (χ0n) is 12.0. The summed E-state index contributed by atoms with van der Waals surface area (Å²) in [7, 11) is 0. The summed E-state index contributed by atoms with van der Waals surface area (Å²) >= 11 is 0. The molecular weight excluding hydrogens is 224 g/mol. The van der Waals surface area contributed by atoms with E-state index in [1.165, 1.54) is 18.4 Å². The van der Waals surface area contributed by atoms with Crippen LogP contribution in [0.25, 0.3) is 0 Å². The average molecular weight is 250 g/mol. The molecule has 18 heavy (non-hydrogen) atoms. The van der Waals surface area contributed by atoms with Crippen molar-refractivity contribution in [1.29, 1.82) is 0 Å². The van der Waals surface area contributed by atoms with E-state index < -0.39 is 0 Å². The second-order valence-corrected chi connectivity index (χ2v) is 5.85. The van der Waals surface area contributed by atoms with Gasteiger partial charge >= 0.3 is 0 Å². The highest BCUT2D eigenvalue weighted by molar-refractivity contribution is 5.12. The van der Waals surface area contributed by atoms with Gasteiger partial charge in [0.25, 0.3) is 0 Å². The highest BCUT2D eigenvalue weighted by atomic mass is 16.7. The van der Waals surface area contributed by atoms with Gasteiger partial charge in [0.15, 0.2) is 5.79 Å². The minimum absolute atomic E-state index is 0.261. The summed E-state index contributed by atoms with van der Waals surface area (Å²) < 4.78 is 11.5. The summed E-state index contributed by atoms with van der Waals surface area (Å²) in [5.41, 5.74) is 3.02. The lowest BCUT2D eigenvalue weighted by molar-refractivity contribution is -0.161. The van der Waals surface area contributed by atoms with E-state index >= 15 is 0 Å². The van der Waals surface area contributed by atoms with Crippen molar-refractivity contribution in [3.63, 3.8) is 0 Å². The lowest BCUT2D eigenvalue weighted by atomic mass is 9.85. The molecule has 0 bridgehead atoms. The molecular formula is C16H26O2. The van der Waals surface area contributed by atoms with Crippen molar-refractivity contribution in [2.75, 3.05) is 13.2 Å². The first kappa shape index (κ1) is 13.8. The minimum atomic E-state index is -0.261. The zero-order valence-corrected chi connectivity index (χ0v) is 12.0. The average Bonchev–Trinajstić information content (AvgIpc) is 2.78. The largest absolute Gasteiger partial charge is 0.347 e. The maximum Gasteiger partial charge on any atom is 0.172 e. The molecule has 1 spiro atoms. The maximum absolute atomic E-state index is 5.75. The molecule has 2 heteroatoms. The lowest BCUT2D eigenvalue weighted by Gasteiger charge is -2.32. The van der Waals surface area contributed by atoms with Gasteiger partial charge in [0.2, 0.25) is 0 Å². The monoisotopic (exact) mass is 250 g/mol. The van der Waals surface area contributed by atoms with Crippen molar-refractivity contribution in [1.82, 2.24) is 0 Å². The predicted molar refractivity (Wildman–Crippen MR) is 74.4 cm³/mol. The zero-order chi connectivity index (χ0) is 13.0. The number of hydrogen-bond donors (Lipinski definition) is 0. The smallest absolute Gasteiger partial charge is 0.172 e. The molecule has 1 saturated heterocycles. The molecule has 0 radical (unpaired) electrons. The Labute approximate surface area is 111 Å². The van der Waals surface area contributed by atoms with Crippen LogP contribution < -0.4 is 0 Å². The number of rotatable bonds is 4. The third-order valence-corrected chi connectivity index (χ3v) is 4.07. The number of allylic oxidation sites excluding steroid dienone is 3. The molecule has 102 valence electrons. The number of ether oxygens (including phenoxy) is 2. The third kappa shape index (κ3) is 3.46. The highest BCUT2D eigenvalue weighted by Gasteiger charge is 2.37. The van der Waals surface area contributed by atoms with E-state index in [2.05, 4.69) is 32.9 Å². The molecule has 1 heterocycles. The molecule has 1 aliphatic heterocycles. The summed E-state index contributed by atoms with van der Waals surface area (Å²) in [6, 6.07) is 0. The van der Waals surface area contributed by atoms with Crippen LogP contribution in [0.5, 0.6) is 0 Å². The molecule has 0 amide bonds. The minimum Gasteiger partial charge on any atom is -0.347 e. The molecule has 2 aliphatic rings. The standard InChI is InChI=1S/C16H26O2/c1-13(2)5-4-6-14(3)15-7-9-16(10-8-15)17-11-12-18-16/h5,7,14H,4,6,8-12H2,1-3H3. The first-order chi connectivity index (χ1) is 8.61. The van der Waals surface area contributed by atoms with Crippen LogP contribution in [-0.2, 0) is 9.47 Å². The molecule has 2 nitrogen and oxygen atoms in total. The fourth-order valence-corrected chi connectivity index (χ4v) is 2.84. The van der Waals surface area contributed by atoms with Crippen LogP contribution >= 0.6 is 0 Å². The maximum atomic E-state index is 5.75. The van der Waals surface area contributed by atoms with E-state index in [1.807, 2.05) is 0 Å². The Morgan fingerprint density at radius 3 is 2.67 bits per heavy atom. The van der Waals surface area contributed by atoms with Gasteiger partial charge in [0.05, 0.1) is 13.2 Å². The first-order valence-electron chi connectivity index (χ1n) is 7.21. The van der Waals surface area contributed by atoms with Crippen molar-refractivity contribution in [2.45, 2.75) is 58.7 Å². The van der Waals surface area contributed by atoms with Crippen LogP contribution in [0.15, 0.2) is 23.3 Å². The highest BCUT2D eigenvalue weighted by Crippen LogP contribution is 2.37. The number of hydrogen-bond acceptors (Lipinski definition) is 2. The van der Waals surface area contributed by atoms with Crippen LogP contribution in [0.3, 0.4) is 0 Å². The molecule has 0 aromatic rings. The molecule has 1 unspecified atom stereocenters. The summed E-state index contributed by atoms with van der Waals surface area (Å²) in [5, 5.41) is 0. The fourth-order valence-electron chi connectivity index (χ4n) is 2.84. The topological polar surface area (TPSA) is 18.5 Å². The molecule has 0 aromatic heterocycles. The normalized spacial score (nSPS) is 23.8. The Hall–Kier alpha value is -0.600. The quantitative estimate of drug-likeness (QED) is 0.695. The van der Waals surface area contributed by atoms with Crippen molar-refractivity contribution < 1.29 is 9.47 Å². The van der Waals surface area contributed by atoms with E-state index in [-0.39, 0.29) is 5.79 Å². The van der Waals surface area contributed by atoms with E-state index in [9.17, 15) is 0 Å². The van der Waals surface area contributed by atoms with Gasteiger partial charge in [-0.05, 0) is 39.0 Å². The molecule has 0 aromatic carbocycles. The van der Waals surface area contributed by atoms with Crippen molar-refractivity contribution >= 4 is 0 Å². The molecule has 1 aliphatic carbocycles. The lowest BCUT2D eigenvalue weighted by Crippen LogP contribution is -2.32. The van der Waals surface area contributed by atoms with Gasteiger partial charge in [0.1, 0.15) is 0 Å². The summed E-state index contributed by atoms with van der Waals surface area (Å²) in [6.07, 6.45) is 10.3. The molecule has 2 rings (SSSR count). The van der Waals surface area contributed by atoms with Gasteiger partial charge in [-0.15, -0.1) is 0 Å². The van der Waals surface area contributed by atoms with Crippen LogP contribution in [0.2, 0.25) is 0 Å². The summed E-state index contributed by atoms with van der Waals surface area (Å²) in [4.78, 5) is 0. The van der Waals surface area contributed by atoms with Gasteiger partial charge in [-0.1, -0.05) is 30.2 Å².